The van der Waals surface area contributed by atoms with Crippen LogP contribution in [0, 0.1) is 0 Å². The van der Waals surface area contributed by atoms with Gasteiger partial charge in [-0.3, -0.25) is 4.79 Å². The smallest absolute Gasteiger partial charge is 0.270 e. The van der Waals surface area contributed by atoms with E-state index < -0.39 is 0 Å². The van der Waals surface area contributed by atoms with Crippen molar-refractivity contribution < 1.29 is 4.79 Å². The molecule has 3 heterocycles. The molecular weight excluding hydrogens is 268 g/mol. The summed E-state index contributed by atoms with van der Waals surface area (Å²) in [6.45, 7) is 0.815. The second-order valence-electron chi connectivity index (χ2n) is 4.44. The van der Waals surface area contributed by atoms with Gasteiger partial charge in [0.1, 0.15) is 5.69 Å². The molecule has 0 spiro atoms. The summed E-state index contributed by atoms with van der Waals surface area (Å²) in [4.78, 5) is 17.3. The molecule has 1 N–H and O–H groups in total. The second kappa shape index (κ2) is 4.78. The highest BCUT2D eigenvalue weighted by atomic mass is 35.5. The van der Waals surface area contributed by atoms with Gasteiger partial charge in [-0.15, -0.1) is 0 Å². The molecule has 0 aromatic carbocycles. The van der Waals surface area contributed by atoms with Crippen LogP contribution in [0.4, 0.5) is 0 Å². The quantitative estimate of drug-likeness (QED) is 0.894. The number of thiophene rings is 1. The zero-order valence-electron chi connectivity index (χ0n) is 9.73. The predicted octanol–water partition coefficient (Wildman–Crippen LogP) is 3.71. The summed E-state index contributed by atoms with van der Waals surface area (Å²) in [5.41, 5.74) is 1.81. The molecule has 94 valence electrons. The van der Waals surface area contributed by atoms with Crippen LogP contribution in [0.15, 0.2) is 29.1 Å². The van der Waals surface area contributed by atoms with Crippen LogP contribution in [0.5, 0.6) is 0 Å². The SMILES string of the molecule is O=C(c1cc(Cl)c[nH]1)N1CCC[C@H]1c1ccsc1. The van der Waals surface area contributed by atoms with Crippen molar-refractivity contribution in [3.05, 3.63) is 45.4 Å². The van der Waals surface area contributed by atoms with Crippen molar-refractivity contribution in [2.45, 2.75) is 18.9 Å². The first-order chi connectivity index (χ1) is 8.75. The van der Waals surface area contributed by atoms with Gasteiger partial charge in [-0.25, -0.2) is 0 Å². The van der Waals surface area contributed by atoms with E-state index in [1.165, 1.54) is 5.56 Å². The Morgan fingerprint density at radius 2 is 2.44 bits per heavy atom. The Morgan fingerprint density at radius 3 is 3.11 bits per heavy atom. The monoisotopic (exact) mass is 280 g/mol. The van der Waals surface area contributed by atoms with Gasteiger partial charge >= 0.3 is 0 Å². The lowest BCUT2D eigenvalue weighted by Gasteiger charge is -2.23. The maximum absolute atomic E-state index is 12.4. The van der Waals surface area contributed by atoms with Crippen molar-refractivity contribution in [3.8, 4) is 0 Å². The zero-order valence-corrected chi connectivity index (χ0v) is 11.3. The van der Waals surface area contributed by atoms with Crippen molar-refractivity contribution in [3.63, 3.8) is 0 Å². The number of nitrogens with one attached hydrogen (secondary N) is 1. The first-order valence-corrected chi connectivity index (χ1v) is 7.25. The Balaban J connectivity index is 1.85. The van der Waals surface area contributed by atoms with E-state index in [4.69, 9.17) is 11.6 Å². The Kier molecular flexibility index (Phi) is 3.14. The van der Waals surface area contributed by atoms with Gasteiger partial charge in [0.2, 0.25) is 0 Å². The van der Waals surface area contributed by atoms with Crippen LogP contribution >= 0.6 is 22.9 Å². The molecule has 0 aliphatic carbocycles. The van der Waals surface area contributed by atoms with Gasteiger partial charge in [0.15, 0.2) is 0 Å². The van der Waals surface area contributed by atoms with Gasteiger partial charge in [-0.1, -0.05) is 11.6 Å². The first-order valence-electron chi connectivity index (χ1n) is 5.92. The lowest BCUT2D eigenvalue weighted by atomic mass is 10.1. The normalized spacial score (nSPS) is 19.4. The van der Waals surface area contributed by atoms with Crippen LogP contribution < -0.4 is 0 Å². The van der Waals surface area contributed by atoms with Gasteiger partial charge in [0.25, 0.3) is 5.91 Å². The maximum Gasteiger partial charge on any atom is 0.270 e. The molecule has 0 unspecified atom stereocenters. The number of carbonyl (C=O) groups is 1. The lowest BCUT2D eigenvalue weighted by Crippen LogP contribution is -2.30. The van der Waals surface area contributed by atoms with Gasteiger partial charge in [-0.2, -0.15) is 11.3 Å². The number of likely N-dealkylation sites (tertiary alicyclic amines) is 1. The molecule has 1 aliphatic heterocycles. The number of rotatable bonds is 2. The summed E-state index contributed by atoms with van der Waals surface area (Å²) >= 11 is 7.52. The van der Waals surface area contributed by atoms with Gasteiger partial charge in [0.05, 0.1) is 11.1 Å². The molecule has 1 aliphatic rings. The number of halogens is 1. The van der Waals surface area contributed by atoms with E-state index in [2.05, 4.69) is 21.8 Å². The summed E-state index contributed by atoms with van der Waals surface area (Å²) in [5, 5.41) is 4.75. The number of amides is 1. The molecule has 3 rings (SSSR count). The van der Waals surface area contributed by atoms with Crippen LogP contribution in [0.25, 0.3) is 0 Å². The third kappa shape index (κ3) is 2.06. The van der Waals surface area contributed by atoms with Crippen LogP contribution in [-0.4, -0.2) is 22.3 Å². The molecule has 1 fully saturated rings. The van der Waals surface area contributed by atoms with Crippen molar-refractivity contribution >= 4 is 28.8 Å². The minimum Gasteiger partial charge on any atom is -0.356 e. The van der Waals surface area contributed by atoms with Crippen LogP contribution in [0.3, 0.4) is 0 Å². The number of aromatic amines is 1. The van der Waals surface area contributed by atoms with E-state index >= 15 is 0 Å². The standard InChI is InChI=1S/C13H13ClN2OS/c14-10-6-11(15-7-10)13(17)16-4-1-2-12(16)9-3-5-18-8-9/h3,5-8,12,15H,1-2,4H2/t12-/m0/s1. The molecular formula is C13H13ClN2OS. The van der Waals surface area contributed by atoms with Gasteiger partial charge < -0.3 is 9.88 Å². The summed E-state index contributed by atoms with van der Waals surface area (Å²) in [5.74, 6) is 0.0376. The number of aromatic nitrogens is 1. The fourth-order valence-corrected chi connectivity index (χ4v) is 3.34. The van der Waals surface area contributed by atoms with E-state index in [0.717, 1.165) is 19.4 Å². The highest BCUT2D eigenvalue weighted by molar-refractivity contribution is 7.07. The topological polar surface area (TPSA) is 36.1 Å². The van der Waals surface area contributed by atoms with E-state index in [0.29, 0.717) is 10.7 Å². The lowest BCUT2D eigenvalue weighted by molar-refractivity contribution is 0.0730. The van der Waals surface area contributed by atoms with Crippen LogP contribution in [0.2, 0.25) is 5.02 Å². The van der Waals surface area contributed by atoms with Gasteiger partial charge in [0, 0.05) is 12.7 Å². The van der Waals surface area contributed by atoms with Crippen LogP contribution in [-0.2, 0) is 0 Å². The molecule has 5 heteroatoms. The Hall–Kier alpha value is -1.26. The van der Waals surface area contributed by atoms with E-state index in [9.17, 15) is 4.79 Å². The highest BCUT2D eigenvalue weighted by Crippen LogP contribution is 2.34. The molecule has 0 saturated carbocycles. The van der Waals surface area contributed by atoms with Crippen molar-refractivity contribution in [1.82, 2.24) is 9.88 Å². The van der Waals surface area contributed by atoms with E-state index in [1.807, 2.05) is 4.90 Å². The zero-order chi connectivity index (χ0) is 12.5. The fraction of sp³-hybridized carbons (Fsp3) is 0.308. The molecule has 2 aromatic heterocycles. The fourth-order valence-electron chi connectivity index (χ4n) is 2.47. The molecule has 1 amide bonds. The minimum atomic E-state index is 0.0376. The Morgan fingerprint density at radius 1 is 1.56 bits per heavy atom. The average molecular weight is 281 g/mol. The highest BCUT2D eigenvalue weighted by Gasteiger charge is 2.31. The molecule has 1 atom stereocenters. The third-order valence-corrected chi connectivity index (χ3v) is 4.24. The largest absolute Gasteiger partial charge is 0.356 e. The molecule has 18 heavy (non-hydrogen) atoms. The van der Waals surface area contributed by atoms with Crippen molar-refractivity contribution in [2.24, 2.45) is 0 Å². The van der Waals surface area contributed by atoms with E-state index in [1.54, 1.807) is 23.6 Å². The number of hydrogen-bond acceptors (Lipinski definition) is 2. The number of carbonyl (C=O) groups excluding carboxylic acids is 1. The van der Waals surface area contributed by atoms with Crippen molar-refractivity contribution in [1.29, 1.82) is 0 Å². The predicted molar refractivity (Wildman–Crippen MR) is 73.1 cm³/mol. The molecule has 2 aromatic rings. The summed E-state index contributed by atoms with van der Waals surface area (Å²) in [6, 6.07) is 4.00. The number of H-pyrrole nitrogens is 1. The maximum atomic E-state index is 12.4. The Labute approximate surface area is 114 Å². The van der Waals surface area contributed by atoms with Crippen molar-refractivity contribution in [2.75, 3.05) is 6.54 Å². The summed E-state index contributed by atoms with van der Waals surface area (Å²) in [7, 11) is 0. The Bertz CT molecular complexity index is 549. The number of hydrogen-bond donors (Lipinski definition) is 1. The molecule has 3 nitrogen and oxygen atoms in total. The average Bonchev–Trinajstić information content (AvgIpc) is 3.08. The van der Waals surface area contributed by atoms with Gasteiger partial charge in [-0.05, 0) is 41.3 Å². The second-order valence-corrected chi connectivity index (χ2v) is 5.66. The first kappa shape index (κ1) is 11.8. The third-order valence-electron chi connectivity index (χ3n) is 3.32. The summed E-state index contributed by atoms with van der Waals surface area (Å²) < 4.78 is 0. The summed E-state index contributed by atoms with van der Waals surface area (Å²) in [6.07, 6.45) is 3.74. The molecule has 1 saturated heterocycles. The molecule has 0 radical (unpaired) electrons. The van der Waals surface area contributed by atoms with Crippen LogP contribution in [0.1, 0.15) is 34.9 Å². The molecule has 0 bridgehead atoms. The number of nitrogens with zero attached hydrogens (tertiary/aromatic N) is 1. The minimum absolute atomic E-state index is 0.0376. The van der Waals surface area contributed by atoms with E-state index in [-0.39, 0.29) is 11.9 Å².